The Hall–Kier alpha value is -4.60. The van der Waals surface area contributed by atoms with E-state index in [0.29, 0.717) is 0 Å². The molecule has 0 aliphatic carbocycles. The maximum absolute atomic E-state index is 12.6. The molecule has 4 rings (SSSR count). The average Bonchev–Trinajstić information content (AvgIpc) is 3.51. The summed E-state index contributed by atoms with van der Waals surface area (Å²) < 4.78 is 79.2. The lowest BCUT2D eigenvalue weighted by molar-refractivity contribution is -0.435. The number of ether oxygens (including phenoxy) is 14. The second-order valence-electron chi connectivity index (χ2n) is 13.9. The molecule has 0 unspecified atom stereocenters. The Morgan fingerprint density at radius 1 is 0.443 bits per heavy atom. The van der Waals surface area contributed by atoms with Gasteiger partial charge in [0.25, 0.3) is 0 Å². The minimum absolute atomic E-state index is 0.579. The molecule has 4 fully saturated rings. The van der Waals surface area contributed by atoms with Crippen molar-refractivity contribution in [2.45, 2.75) is 161 Å². The summed E-state index contributed by atoms with van der Waals surface area (Å²) in [5.74, 6) is -6.98. The molecular formula is C36H50O25. The Kier molecular flexibility index (Phi) is 17.7. The summed E-state index contributed by atoms with van der Waals surface area (Å²) in [6, 6.07) is 0. The molecule has 0 amide bonds. The second kappa shape index (κ2) is 22.0. The summed E-state index contributed by atoms with van der Waals surface area (Å²) >= 11 is 0. The molecule has 0 radical (unpaired) electrons. The van der Waals surface area contributed by atoms with Crippen LogP contribution in [0.5, 0.6) is 0 Å². The molecule has 4 saturated heterocycles. The SMILES string of the molecule is CC(=O)OC[C@H]1O[C@@H](O[C@@H]2[C@H]3O[C@H](C)O[C@H]3O[C@H](COO[C@@H]3O[C@H](CO)[C@@H](OC(C)=O)[C@H](OC(C)=O)[C@H]3OC(C)=O)[C@H]2OC(C)=O)[C@H](OC(C)=O)[C@@H](OC(C)=O)[C@@H]1OC(C)=O. The van der Waals surface area contributed by atoms with Crippen LogP contribution in [-0.4, -0.2) is 171 Å². The minimum atomic E-state index is -1.78. The van der Waals surface area contributed by atoms with Crippen molar-refractivity contribution in [3.63, 3.8) is 0 Å². The molecule has 1 N–H and O–H groups in total. The van der Waals surface area contributed by atoms with Gasteiger partial charge in [-0.25, -0.2) is 9.78 Å². The van der Waals surface area contributed by atoms with E-state index in [2.05, 4.69) is 0 Å². The first-order valence-corrected chi connectivity index (χ1v) is 18.8. The van der Waals surface area contributed by atoms with Crippen molar-refractivity contribution in [3.8, 4) is 0 Å². The molecule has 0 spiro atoms. The van der Waals surface area contributed by atoms with Crippen LogP contribution in [0.2, 0.25) is 0 Å². The maximum atomic E-state index is 12.6. The van der Waals surface area contributed by atoms with Crippen molar-refractivity contribution in [2.24, 2.45) is 0 Å². The largest absolute Gasteiger partial charge is 0.463 e. The van der Waals surface area contributed by atoms with Crippen LogP contribution in [0.1, 0.15) is 62.3 Å². The number of rotatable bonds is 16. The fourth-order valence-electron chi connectivity index (χ4n) is 6.90. The van der Waals surface area contributed by atoms with Crippen molar-refractivity contribution in [3.05, 3.63) is 0 Å². The summed E-state index contributed by atoms with van der Waals surface area (Å²) in [6.45, 7) is 7.81. The summed E-state index contributed by atoms with van der Waals surface area (Å²) in [4.78, 5) is 109. The van der Waals surface area contributed by atoms with Gasteiger partial charge in [0.05, 0.1) is 6.61 Å². The smallest absolute Gasteiger partial charge is 0.303 e. The van der Waals surface area contributed by atoms with E-state index in [1.54, 1.807) is 0 Å². The van der Waals surface area contributed by atoms with Gasteiger partial charge in [0.15, 0.2) is 61.6 Å². The summed E-state index contributed by atoms with van der Waals surface area (Å²) in [5, 5.41) is 10.1. The Morgan fingerprint density at radius 3 is 1.33 bits per heavy atom. The van der Waals surface area contributed by atoms with Gasteiger partial charge in [-0.1, -0.05) is 0 Å². The first-order chi connectivity index (χ1) is 28.7. The van der Waals surface area contributed by atoms with Crippen LogP contribution in [0.25, 0.3) is 0 Å². The average molecular weight is 883 g/mol. The number of carbonyl (C=O) groups excluding carboxylic acids is 8. The standard InChI is InChI=1S/C36H50O25/c1-13(38)46-11-23-26(49-15(3)40)29(52-18(6)43)31(53-19(7)44)35(58-23)60-30-27(50-16(4)41)24(59-34-32(30)55-21(9)56-34)12-47-61-36-33(54-20(8)45)28(51-17(5)42)25(48-14(2)39)22(10-37)57-36/h21-37H,10-12H2,1-9H3/t21-,22+,23+,24+,25+,26+,27+,28-,29-,30-,31+,32+,33+,34-,35-,36-/m0/s1. The van der Waals surface area contributed by atoms with Gasteiger partial charge in [-0.05, 0) is 6.92 Å². The Labute approximate surface area is 347 Å². The molecule has 16 atom stereocenters. The number of esters is 8. The number of carbonyl (C=O) groups is 8. The van der Waals surface area contributed by atoms with Crippen LogP contribution in [-0.2, 0) is 114 Å². The molecule has 0 aromatic rings. The highest BCUT2D eigenvalue weighted by atomic mass is 17.2. The Bertz CT molecular complexity index is 1600. The fraction of sp³-hybridized carbons (Fsp3) is 0.778. The van der Waals surface area contributed by atoms with Crippen molar-refractivity contribution in [1.82, 2.24) is 0 Å². The number of hydrogen-bond donors (Lipinski definition) is 1. The third-order valence-electron chi connectivity index (χ3n) is 8.88. The van der Waals surface area contributed by atoms with Gasteiger partial charge in [0, 0.05) is 55.4 Å². The molecule has 25 heteroatoms. The normalized spacial score (nSPS) is 35.6. The molecular weight excluding hydrogens is 832 g/mol. The van der Waals surface area contributed by atoms with Crippen LogP contribution in [0.4, 0.5) is 0 Å². The molecule has 0 aromatic heterocycles. The zero-order chi connectivity index (χ0) is 45.3. The van der Waals surface area contributed by atoms with Crippen LogP contribution >= 0.6 is 0 Å². The summed E-state index contributed by atoms with van der Waals surface area (Å²) in [6.07, 6.45) is -23.8. The van der Waals surface area contributed by atoms with E-state index >= 15 is 0 Å². The molecule has 61 heavy (non-hydrogen) atoms. The lowest BCUT2D eigenvalue weighted by Gasteiger charge is -2.47. The Morgan fingerprint density at radius 2 is 0.852 bits per heavy atom. The van der Waals surface area contributed by atoms with E-state index in [4.69, 9.17) is 76.1 Å². The van der Waals surface area contributed by atoms with E-state index in [9.17, 15) is 43.5 Å². The molecule has 4 heterocycles. The lowest BCUT2D eigenvalue weighted by Crippen LogP contribution is -2.66. The zero-order valence-corrected chi connectivity index (χ0v) is 34.6. The van der Waals surface area contributed by atoms with Gasteiger partial charge in [-0.3, -0.25) is 38.4 Å². The van der Waals surface area contributed by atoms with Gasteiger partial charge in [0.1, 0.15) is 43.7 Å². The van der Waals surface area contributed by atoms with Crippen molar-refractivity contribution in [2.75, 3.05) is 19.8 Å². The quantitative estimate of drug-likeness (QED) is 0.0784. The van der Waals surface area contributed by atoms with E-state index in [1.165, 1.54) is 6.92 Å². The van der Waals surface area contributed by atoms with Gasteiger partial charge in [-0.15, -0.1) is 0 Å². The molecule has 0 aromatic carbocycles. The first-order valence-electron chi connectivity index (χ1n) is 18.8. The second-order valence-corrected chi connectivity index (χ2v) is 13.9. The molecule has 344 valence electrons. The third-order valence-corrected chi connectivity index (χ3v) is 8.88. The molecule has 0 bridgehead atoms. The van der Waals surface area contributed by atoms with Crippen LogP contribution in [0.3, 0.4) is 0 Å². The Balaban J connectivity index is 1.68. The highest BCUT2D eigenvalue weighted by molar-refractivity contribution is 5.70. The third kappa shape index (κ3) is 13.4. The van der Waals surface area contributed by atoms with Crippen molar-refractivity contribution >= 4 is 47.8 Å². The van der Waals surface area contributed by atoms with Crippen molar-refractivity contribution in [1.29, 1.82) is 0 Å². The molecule has 25 nitrogen and oxygen atoms in total. The predicted octanol–water partition coefficient (Wildman–Crippen LogP) is -1.67. The predicted molar refractivity (Wildman–Crippen MR) is 186 cm³/mol. The molecule has 4 aliphatic rings. The van der Waals surface area contributed by atoms with Crippen molar-refractivity contribution < 1.29 is 120 Å². The van der Waals surface area contributed by atoms with Gasteiger partial charge in [-0.2, -0.15) is 0 Å². The fourth-order valence-corrected chi connectivity index (χ4v) is 6.90. The van der Waals surface area contributed by atoms with E-state index in [-0.39, 0.29) is 0 Å². The van der Waals surface area contributed by atoms with Crippen LogP contribution < -0.4 is 0 Å². The van der Waals surface area contributed by atoms with E-state index in [0.717, 1.165) is 55.4 Å². The number of hydrogen-bond acceptors (Lipinski definition) is 25. The van der Waals surface area contributed by atoms with Crippen LogP contribution in [0.15, 0.2) is 0 Å². The van der Waals surface area contributed by atoms with Gasteiger partial charge < -0.3 is 71.4 Å². The molecule has 4 aliphatic heterocycles. The first kappa shape index (κ1) is 49.1. The summed E-state index contributed by atoms with van der Waals surface area (Å²) in [7, 11) is 0. The highest BCUT2D eigenvalue weighted by Gasteiger charge is 2.59. The van der Waals surface area contributed by atoms with E-state index < -0.39 is 166 Å². The summed E-state index contributed by atoms with van der Waals surface area (Å²) in [5.41, 5.74) is 0. The lowest BCUT2D eigenvalue weighted by atomic mass is 9.96. The maximum Gasteiger partial charge on any atom is 0.303 e. The minimum Gasteiger partial charge on any atom is -0.463 e. The van der Waals surface area contributed by atoms with Gasteiger partial charge >= 0.3 is 47.8 Å². The number of fused-ring (bicyclic) bond motifs is 1. The highest BCUT2D eigenvalue weighted by Crippen LogP contribution is 2.38. The van der Waals surface area contributed by atoms with E-state index in [1.807, 2.05) is 0 Å². The monoisotopic (exact) mass is 882 g/mol. The number of aliphatic hydroxyl groups is 1. The van der Waals surface area contributed by atoms with Gasteiger partial charge in [0.2, 0.25) is 6.29 Å². The topological polar surface area (TPSA) is 304 Å². The van der Waals surface area contributed by atoms with Crippen LogP contribution in [0, 0.1) is 0 Å². The number of aliphatic hydroxyl groups excluding tert-OH is 1. The zero-order valence-electron chi connectivity index (χ0n) is 34.6. The molecule has 0 saturated carbocycles.